The maximum absolute atomic E-state index is 11.9. The quantitative estimate of drug-likeness (QED) is 0.800. The molecule has 3 rings (SSSR count). The van der Waals surface area contributed by atoms with Gasteiger partial charge in [0.2, 0.25) is 0 Å². The fourth-order valence-corrected chi connectivity index (χ4v) is 2.38. The Morgan fingerprint density at radius 1 is 1.08 bits per heavy atom. The molecule has 1 amide bonds. The minimum atomic E-state index is -0.00372. The number of amides is 1. The fourth-order valence-electron chi connectivity index (χ4n) is 2.38. The summed E-state index contributed by atoms with van der Waals surface area (Å²) >= 11 is 0. The summed E-state index contributed by atoms with van der Waals surface area (Å²) < 4.78 is 0. The van der Waals surface area contributed by atoms with Gasteiger partial charge in [-0.1, -0.05) is 12.1 Å². The number of hydrogen-bond acceptors (Lipinski definition) is 5. The number of nitrogens with zero attached hydrogens (tertiary/aromatic N) is 4. The summed E-state index contributed by atoms with van der Waals surface area (Å²) in [6, 6.07) is 11.4. The molecular weight excluding hydrogens is 302 g/mol. The minimum absolute atomic E-state index is 0.00372. The molecule has 0 fully saturated rings. The molecule has 0 atom stereocenters. The number of nitrogens with one attached hydrogen (secondary N) is 1. The van der Waals surface area contributed by atoms with Gasteiger partial charge in [0.15, 0.2) is 5.82 Å². The number of anilines is 1. The molecule has 0 radical (unpaired) electrons. The Kier molecular flexibility index (Phi) is 4.37. The number of fused-ring (bicyclic) bond motifs is 1. The number of pyridine rings is 1. The van der Waals surface area contributed by atoms with E-state index in [2.05, 4.69) is 20.3 Å². The SMILES string of the molecule is Cc1ccc2ncnc(NCc3ccc(C(=O)N(C)C)cc3)c2n1. The number of aryl methyl sites for hydroxylation is 1. The van der Waals surface area contributed by atoms with Gasteiger partial charge < -0.3 is 10.2 Å². The number of hydrogen-bond donors (Lipinski definition) is 1. The van der Waals surface area contributed by atoms with Crippen LogP contribution < -0.4 is 5.32 Å². The first-order valence-corrected chi connectivity index (χ1v) is 7.67. The predicted molar refractivity (Wildman–Crippen MR) is 93.9 cm³/mol. The molecule has 0 aliphatic rings. The van der Waals surface area contributed by atoms with Crippen LogP contribution in [0, 0.1) is 6.92 Å². The smallest absolute Gasteiger partial charge is 0.253 e. The average molecular weight is 321 g/mol. The molecule has 24 heavy (non-hydrogen) atoms. The molecule has 0 aliphatic carbocycles. The van der Waals surface area contributed by atoms with Gasteiger partial charge in [-0.3, -0.25) is 4.79 Å². The Bertz CT molecular complexity index is 874. The largest absolute Gasteiger partial charge is 0.364 e. The Balaban J connectivity index is 1.77. The van der Waals surface area contributed by atoms with Gasteiger partial charge in [-0.2, -0.15) is 0 Å². The molecule has 3 aromatic rings. The molecule has 0 unspecified atom stereocenters. The van der Waals surface area contributed by atoms with Crippen LogP contribution in [0.2, 0.25) is 0 Å². The molecule has 0 aliphatic heterocycles. The third-order valence-electron chi connectivity index (χ3n) is 3.69. The summed E-state index contributed by atoms with van der Waals surface area (Å²) in [7, 11) is 3.49. The molecule has 6 nitrogen and oxygen atoms in total. The number of benzene rings is 1. The van der Waals surface area contributed by atoms with Crippen molar-refractivity contribution in [2.45, 2.75) is 13.5 Å². The number of carbonyl (C=O) groups excluding carboxylic acids is 1. The van der Waals surface area contributed by atoms with Crippen LogP contribution in [0.5, 0.6) is 0 Å². The zero-order valence-electron chi connectivity index (χ0n) is 13.9. The molecule has 122 valence electrons. The number of aromatic nitrogens is 3. The van der Waals surface area contributed by atoms with Crippen molar-refractivity contribution in [1.82, 2.24) is 19.9 Å². The molecule has 1 N–H and O–H groups in total. The standard InChI is InChI=1S/C18H19N5O/c1-12-4-9-15-16(22-12)17(21-11-20-15)19-10-13-5-7-14(8-6-13)18(24)23(2)3/h4-9,11H,10H2,1-3H3,(H,19,20,21). The molecule has 0 spiro atoms. The molecule has 0 saturated heterocycles. The third-order valence-corrected chi connectivity index (χ3v) is 3.69. The van der Waals surface area contributed by atoms with Crippen molar-refractivity contribution in [1.29, 1.82) is 0 Å². The predicted octanol–water partition coefficient (Wildman–Crippen LogP) is 2.65. The van der Waals surface area contributed by atoms with Gasteiger partial charge in [0, 0.05) is 31.9 Å². The zero-order valence-corrected chi connectivity index (χ0v) is 13.9. The van der Waals surface area contributed by atoms with E-state index in [0.717, 1.165) is 22.3 Å². The lowest BCUT2D eigenvalue weighted by Crippen LogP contribution is -2.21. The van der Waals surface area contributed by atoms with Gasteiger partial charge in [0.25, 0.3) is 5.91 Å². The topological polar surface area (TPSA) is 71.0 Å². The van der Waals surface area contributed by atoms with Crippen molar-refractivity contribution in [2.24, 2.45) is 0 Å². The first-order valence-electron chi connectivity index (χ1n) is 7.67. The zero-order chi connectivity index (χ0) is 17.1. The molecule has 6 heteroatoms. The number of carbonyl (C=O) groups is 1. The van der Waals surface area contributed by atoms with Crippen LogP contribution in [0.15, 0.2) is 42.7 Å². The van der Waals surface area contributed by atoms with Crippen LogP contribution in [0.3, 0.4) is 0 Å². The van der Waals surface area contributed by atoms with Crippen molar-refractivity contribution in [2.75, 3.05) is 19.4 Å². The van der Waals surface area contributed by atoms with E-state index in [1.165, 1.54) is 6.33 Å². The van der Waals surface area contributed by atoms with Crippen molar-refractivity contribution in [3.8, 4) is 0 Å². The van der Waals surface area contributed by atoms with Crippen LogP contribution in [-0.2, 0) is 6.54 Å². The van der Waals surface area contributed by atoms with Gasteiger partial charge in [0.05, 0.1) is 5.52 Å². The highest BCUT2D eigenvalue weighted by Crippen LogP contribution is 2.18. The summed E-state index contributed by atoms with van der Waals surface area (Å²) in [6.45, 7) is 2.54. The van der Waals surface area contributed by atoms with Gasteiger partial charge in [-0.15, -0.1) is 0 Å². The maximum Gasteiger partial charge on any atom is 0.253 e. The van der Waals surface area contributed by atoms with Crippen molar-refractivity contribution in [3.05, 3.63) is 59.5 Å². The highest BCUT2D eigenvalue weighted by Gasteiger charge is 2.08. The van der Waals surface area contributed by atoms with E-state index in [4.69, 9.17) is 0 Å². The average Bonchev–Trinajstić information content (AvgIpc) is 2.59. The van der Waals surface area contributed by atoms with Crippen molar-refractivity contribution < 1.29 is 4.79 Å². The van der Waals surface area contributed by atoms with Gasteiger partial charge in [0.1, 0.15) is 11.8 Å². The Morgan fingerprint density at radius 2 is 1.83 bits per heavy atom. The first kappa shape index (κ1) is 15.9. The molecule has 0 bridgehead atoms. The highest BCUT2D eigenvalue weighted by molar-refractivity contribution is 5.93. The number of rotatable bonds is 4. The Labute approximate surface area is 140 Å². The lowest BCUT2D eigenvalue weighted by molar-refractivity contribution is 0.0827. The van der Waals surface area contributed by atoms with Gasteiger partial charge in [-0.05, 0) is 36.8 Å². The summed E-state index contributed by atoms with van der Waals surface area (Å²) in [4.78, 5) is 26.5. The molecular formula is C18H19N5O. The molecule has 1 aromatic carbocycles. The minimum Gasteiger partial charge on any atom is -0.364 e. The molecule has 2 aromatic heterocycles. The second-order valence-electron chi connectivity index (χ2n) is 5.79. The summed E-state index contributed by atoms with van der Waals surface area (Å²) in [6.07, 6.45) is 1.53. The summed E-state index contributed by atoms with van der Waals surface area (Å²) in [5, 5.41) is 3.29. The van der Waals surface area contributed by atoms with Crippen molar-refractivity contribution >= 4 is 22.8 Å². The van der Waals surface area contributed by atoms with Gasteiger partial charge in [-0.25, -0.2) is 15.0 Å². The molecule has 2 heterocycles. The second-order valence-corrected chi connectivity index (χ2v) is 5.79. The van der Waals surface area contributed by atoms with Crippen LogP contribution in [0.25, 0.3) is 11.0 Å². The van der Waals surface area contributed by atoms with Crippen LogP contribution in [0.1, 0.15) is 21.6 Å². The highest BCUT2D eigenvalue weighted by atomic mass is 16.2. The van der Waals surface area contributed by atoms with Crippen LogP contribution in [-0.4, -0.2) is 39.9 Å². The lowest BCUT2D eigenvalue weighted by Gasteiger charge is -2.11. The van der Waals surface area contributed by atoms with E-state index in [-0.39, 0.29) is 5.91 Å². The third kappa shape index (κ3) is 3.32. The first-order chi connectivity index (χ1) is 11.5. The van der Waals surface area contributed by atoms with E-state index in [9.17, 15) is 4.79 Å². The van der Waals surface area contributed by atoms with Crippen LogP contribution in [0.4, 0.5) is 5.82 Å². The molecule has 0 saturated carbocycles. The fraction of sp³-hybridized carbons (Fsp3) is 0.222. The maximum atomic E-state index is 11.9. The van der Waals surface area contributed by atoms with Crippen LogP contribution >= 0.6 is 0 Å². The van der Waals surface area contributed by atoms with Crippen molar-refractivity contribution in [3.63, 3.8) is 0 Å². The second kappa shape index (κ2) is 6.62. The normalized spacial score (nSPS) is 10.6. The van der Waals surface area contributed by atoms with E-state index in [0.29, 0.717) is 17.9 Å². The lowest BCUT2D eigenvalue weighted by atomic mass is 10.1. The van der Waals surface area contributed by atoms with E-state index < -0.39 is 0 Å². The monoisotopic (exact) mass is 321 g/mol. The van der Waals surface area contributed by atoms with Gasteiger partial charge >= 0.3 is 0 Å². The van der Waals surface area contributed by atoms with E-state index in [1.807, 2.05) is 43.3 Å². The van der Waals surface area contributed by atoms with E-state index >= 15 is 0 Å². The summed E-state index contributed by atoms with van der Waals surface area (Å²) in [5.41, 5.74) is 4.23. The Hall–Kier alpha value is -3.02. The summed E-state index contributed by atoms with van der Waals surface area (Å²) in [5.74, 6) is 0.702. The van der Waals surface area contributed by atoms with E-state index in [1.54, 1.807) is 19.0 Å². The Morgan fingerprint density at radius 3 is 2.54 bits per heavy atom.